The molecule has 0 atom stereocenters. The van der Waals surface area contributed by atoms with Gasteiger partial charge in [-0.05, 0) is 18.6 Å². The maximum absolute atomic E-state index is 11.4. The first-order chi connectivity index (χ1) is 11.2. The summed E-state index contributed by atoms with van der Waals surface area (Å²) in [6.45, 7) is 4.88. The van der Waals surface area contributed by atoms with Gasteiger partial charge in [-0.15, -0.1) is 0 Å². The zero-order valence-electron chi connectivity index (χ0n) is 13.1. The summed E-state index contributed by atoms with van der Waals surface area (Å²) in [5.41, 5.74) is 2.04. The summed E-state index contributed by atoms with van der Waals surface area (Å²) in [5.74, 6) is 0.962. The van der Waals surface area contributed by atoms with Gasteiger partial charge in [-0.25, -0.2) is 0 Å². The molecule has 1 aliphatic rings. The van der Waals surface area contributed by atoms with Crippen LogP contribution in [-0.4, -0.2) is 63.7 Å². The Morgan fingerprint density at radius 3 is 2.70 bits per heavy atom. The van der Waals surface area contributed by atoms with Gasteiger partial charge >= 0.3 is 0 Å². The van der Waals surface area contributed by atoms with Gasteiger partial charge in [0.25, 0.3) is 5.89 Å². The molecule has 1 aliphatic heterocycles. The summed E-state index contributed by atoms with van der Waals surface area (Å²) < 4.78 is 5.36. The zero-order valence-corrected chi connectivity index (χ0v) is 13.1. The molecule has 1 amide bonds. The first-order valence-electron chi connectivity index (χ1n) is 7.67. The van der Waals surface area contributed by atoms with E-state index in [4.69, 9.17) is 9.63 Å². The van der Waals surface area contributed by atoms with Crippen LogP contribution < -0.4 is 0 Å². The Balaban J connectivity index is 1.60. The number of nitrogens with zero attached hydrogens (tertiary/aromatic N) is 4. The van der Waals surface area contributed by atoms with Gasteiger partial charge in [-0.3, -0.25) is 9.69 Å². The van der Waals surface area contributed by atoms with E-state index in [1.165, 1.54) is 0 Å². The quantitative estimate of drug-likeness (QED) is 0.893. The third-order valence-electron chi connectivity index (χ3n) is 4.07. The van der Waals surface area contributed by atoms with Crippen LogP contribution in [0.5, 0.6) is 0 Å². The number of hydrogen-bond donors (Lipinski definition) is 1. The maximum Gasteiger partial charge on any atom is 0.258 e. The molecule has 0 radical (unpaired) electrons. The molecule has 3 rings (SSSR count). The van der Waals surface area contributed by atoms with Crippen molar-refractivity contribution in [1.82, 2.24) is 19.9 Å². The fourth-order valence-electron chi connectivity index (χ4n) is 2.70. The number of rotatable bonds is 4. The second-order valence-corrected chi connectivity index (χ2v) is 5.65. The fraction of sp³-hybridized carbons (Fsp3) is 0.438. The highest BCUT2D eigenvalue weighted by Crippen LogP contribution is 2.21. The minimum atomic E-state index is -0.426. The van der Waals surface area contributed by atoms with E-state index >= 15 is 0 Å². The van der Waals surface area contributed by atoms with Gasteiger partial charge in [0.15, 0.2) is 5.82 Å². The molecule has 1 aromatic heterocycles. The highest BCUT2D eigenvalue weighted by molar-refractivity contribution is 5.77. The van der Waals surface area contributed by atoms with Crippen LogP contribution in [0.1, 0.15) is 11.4 Å². The first-order valence-corrected chi connectivity index (χ1v) is 7.67. The van der Waals surface area contributed by atoms with Crippen molar-refractivity contribution >= 4 is 5.91 Å². The summed E-state index contributed by atoms with van der Waals surface area (Å²) in [5, 5.41) is 12.9. The van der Waals surface area contributed by atoms with Crippen LogP contribution in [-0.2, 0) is 11.3 Å². The largest absolute Gasteiger partial charge is 0.387 e. The Kier molecular flexibility index (Phi) is 4.68. The second-order valence-electron chi connectivity index (χ2n) is 5.65. The van der Waals surface area contributed by atoms with Crippen molar-refractivity contribution < 1.29 is 14.4 Å². The number of carbonyl (C=O) groups excluding carboxylic acids is 1. The van der Waals surface area contributed by atoms with Crippen LogP contribution in [0.25, 0.3) is 11.5 Å². The van der Waals surface area contributed by atoms with Crippen molar-refractivity contribution in [3.8, 4) is 11.5 Å². The van der Waals surface area contributed by atoms with Crippen LogP contribution in [0.3, 0.4) is 0 Å². The molecule has 122 valence electrons. The number of aryl methyl sites for hydroxylation is 1. The van der Waals surface area contributed by atoms with Crippen LogP contribution in [0.15, 0.2) is 28.8 Å². The van der Waals surface area contributed by atoms with Gasteiger partial charge in [-0.1, -0.05) is 23.4 Å². The highest BCUT2D eigenvalue weighted by atomic mass is 16.5. The molecule has 0 saturated carbocycles. The summed E-state index contributed by atoms with van der Waals surface area (Å²) in [6.07, 6.45) is 0. The molecule has 0 bridgehead atoms. The summed E-state index contributed by atoms with van der Waals surface area (Å²) in [6, 6.07) is 7.90. The molecule has 1 saturated heterocycles. The van der Waals surface area contributed by atoms with E-state index in [0.717, 1.165) is 24.2 Å². The minimum Gasteiger partial charge on any atom is -0.387 e. The predicted molar refractivity (Wildman–Crippen MR) is 83.4 cm³/mol. The Morgan fingerprint density at radius 2 is 2.00 bits per heavy atom. The molecule has 2 heterocycles. The normalized spacial score (nSPS) is 15.8. The number of hydrogen-bond acceptors (Lipinski definition) is 6. The van der Waals surface area contributed by atoms with Crippen molar-refractivity contribution in [2.75, 3.05) is 32.8 Å². The molecule has 0 unspecified atom stereocenters. The lowest BCUT2D eigenvalue weighted by Gasteiger charge is -2.33. The van der Waals surface area contributed by atoms with Crippen LogP contribution in [0.2, 0.25) is 0 Å². The summed E-state index contributed by atoms with van der Waals surface area (Å²) >= 11 is 0. The molecular formula is C16H20N4O3. The molecule has 23 heavy (non-hydrogen) atoms. The standard InChI is InChI=1S/C16H20N4O3/c1-12-4-2-3-5-13(12)16-17-14(18-23-16)10-19-6-8-20(9-7-19)15(22)11-21/h2-5,21H,6-11H2,1H3. The van der Waals surface area contributed by atoms with Crippen molar-refractivity contribution in [3.63, 3.8) is 0 Å². The van der Waals surface area contributed by atoms with Gasteiger partial charge in [0.05, 0.1) is 6.54 Å². The molecule has 7 heteroatoms. The van der Waals surface area contributed by atoms with Crippen molar-refractivity contribution in [2.45, 2.75) is 13.5 Å². The Morgan fingerprint density at radius 1 is 1.26 bits per heavy atom. The molecule has 0 spiro atoms. The lowest BCUT2D eigenvalue weighted by atomic mass is 10.1. The van der Waals surface area contributed by atoms with Gasteiger partial charge in [0.2, 0.25) is 5.91 Å². The molecule has 1 N–H and O–H groups in total. The zero-order chi connectivity index (χ0) is 16.2. The van der Waals surface area contributed by atoms with Gasteiger partial charge in [-0.2, -0.15) is 4.98 Å². The molecule has 1 aromatic carbocycles. The second kappa shape index (κ2) is 6.89. The molecule has 2 aromatic rings. The highest BCUT2D eigenvalue weighted by Gasteiger charge is 2.22. The number of aromatic nitrogens is 2. The predicted octanol–water partition coefficient (Wildman–Crippen LogP) is 0.682. The Labute approximate surface area is 134 Å². The van der Waals surface area contributed by atoms with E-state index in [0.29, 0.717) is 31.3 Å². The summed E-state index contributed by atoms with van der Waals surface area (Å²) in [7, 11) is 0. The van der Waals surface area contributed by atoms with Crippen LogP contribution in [0.4, 0.5) is 0 Å². The Hall–Kier alpha value is -2.25. The van der Waals surface area contributed by atoms with Crippen molar-refractivity contribution in [1.29, 1.82) is 0 Å². The van der Waals surface area contributed by atoms with E-state index in [2.05, 4.69) is 15.0 Å². The minimum absolute atomic E-state index is 0.217. The topological polar surface area (TPSA) is 82.7 Å². The first kappa shape index (κ1) is 15.6. The van der Waals surface area contributed by atoms with Gasteiger partial charge in [0, 0.05) is 31.7 Å². The molecule has 0 aliphatic carbocycles. The van der Waals surface area contributed by atoms with E-state index in [1.807, 2.05) is 31.2 Å². The number of aliphatic hydroxyl groups is 1. The average Bonchev–Trinajstić information content (AvgIpc) is 3.03. The monoisotopic (exact) mass is 316 g/mol. The van der Waals surface area contributed by atoms with E-state index in [1.54, 1.807) is 4.90 Å². The van der Waals surface area contributed by atoms with Crippen molar-refractivity contribution in [3.05, 3.63) is 35.7 Å². The van der Waals surface area contributed by atoms with E-state index in [-0.39, 0.29) is 5.91 Å². The lowest BCUT2D eigenvalue weighted by Crippen LogP contribution is -2.49. The molecule has 1 fully saturated rings. The van der Waals surface area contributed by atoms with Crippen molar-refractivity contribution in [2.24, 2.45) is 0 Å². The van der Waals surface area contributed by atoms with Gasteiger partial charge < -0.3 is 14.5 Å². The lowest BCUT2D eigenvalue weighted by molar-refractivity contribution is -0.136. The molecule has 7 nitrogen and oxygen atoms in total. The van der Waals surface area contributed by atoms with Crippen LogP contribution in [0, 0.1) is 6.92 Å². The van der Waals surface area contributed by atoms with Crippen LogP contribution >= 0.6 is 0 Å². The van der Waals surface area contributed by atoms with E-state index < -0.39 is 6.61 Å². The van der Waals surface area contributed by atoms with Gasteiger partial charge in [0.1, 0.15) is 6.61 Å². The number of carbonyl (C=O) groups is 1. The smallest absolute Gasteiger partial charge is 0.258 e. The maximum atomic E-state index is 11.4. The fourth-order valence-corrected chi connectivity index (χ4v) is 2.70. The number of aliphatic hydroxyl groups excluding tert-OH is 1. The SMILES string of the molecule is Cc1ccccc1-c1nc(CN2CCN(C(=O)CO)CC2)no1. The number of amides is 1. The van der Waals surface area contributed by atoms with E-state index in [9.17, 15) is 4.79 Å². The average molecular weight is 316 g/mol. The summed E-state index contributed by atoms with van der Waals surface area (Å²) in [4.78, 5) is 19.8. The number of benzene rings is 1. The Bertz CT molecular complexity index is 677. The third-order valence-corrected chi connectivity index (χ3v) is 4.07. The third kappa shape index (κ3) is 3.57. The molecular weight excluding hydrogens is 296 g/mol. The number of piperazine rings is 1.